The summed E-state index contributed by atoms with van der Waals surface area (Å²) < 4.78 is 0. The maximum atomic E-state index is 3.72. The van der Waals surface area contributed by atoms with Gasteiger partial charge in [-0.3, -0.25) is 4.90 Å². The summed E-state index contributed by atoms with van der Waals surface area (Å²) in [5.41, 5.74) is 0.550. The van der Waals surface area contributed by atoms with E-state index in [1.165, 1.54) is 50.4 Å². The summed E-state index contributed by atoms with van der Waals surface area (Å²) in [7, 11) is 0. The highest BCUT2D eigenvalue weighted by atomic mass is 32.2. The molecule has 0 spiro atoms. The lowest BCUT2D eigenvalue weighted by atomic mass is 9.87. The van der Waals surface area contributed by atoms with Crippen LogP contribution in [-0.2, 0) is 0 Å². The fraction of sp³-hybridized carbons (Fsp3) is 1.00. The molecule has 3 rings (SSSR count). The number of thioether (sulfide) groups is 1. The first-order chi connectivity index (χ1) is 8.14. The lowest BCUT2D eigenvalue weighted by molar-refractivity contribution is 0.184. The second kappa shape index (κ2) is 4.75. The van der Waals surface area contributed by atoms with E-state index in [9.17, 15) is 0 Å². The molecule has 3 aliphatic rings. The predicted octanol–water partition coefficient (Wildman–Crippen LogP) is 2.20. The van der Waals surface area contributed by atoms with E-state index in [2.05, 4.69) is 35.8 Å². The van der Waals surface area contributed by atoms with Crippen LogP contribution >= 0.6 is 11.8 Å². The molecule has 17 heavy (non-hydrogen) atoms. The zero-order valence-corrected chi connectivity index (χ0v) is 12.1. The molecule has 0 radical (unpaired) electrons. The van der Waals surface area contributed by atoms with Crippen LogP contribution in [0.2, 0.25) is 0 Å². The van der Waals surface area contributed by atoms with Gasteiger partial charge in [-0.25, -0.2) is 0 Å². The van der Waals surface area contributed by atoms with Crippen molar-refractivity contribution in [1.82, 2.24) is 10.2 Å². The average Bonchev–Trinajstić information content (AvgIpc) is 2.71. The van der Waals surface area contributed by atoms with Crippen molar-refractivity contribution in [3.05, 3.63) is 0 Å². The van der Waals surface area contributed by atoms with Gasteiger partial charge in [0.15, 0.2) is 0 Å². The van der Waals surface area contributed by atoms with Gasteiger partial charge in [0, 0.05) is 30.9 Å². The molecule has 3 atom stereocenters. The largest absolute Gasteiger partial charge is 0.312 e. The lowest BCUT2D eigenvalue weighted by Gasteiger charge is -2.39. The fourth-order valence-corrected chi connectivity index (χ4v) is 5.23. The van der Waals surface area contributed by atoms with Crippen molar-refractivity contribution in [2.75, 3.05) is 31.1 Å². The Hall–Kier alpha value is 0.270. The summed E-state index contributed by atoms with van der Waals surface area (Å²) in [6.07, 6.45) is 4.25. The van der Waals surface area contributed by atoms with Gasteiger partial charge in [-0.2, -0.15) is 11.8 Å². The van der Waals surface area contributed by atoms with Crippen molar-refractivity contribution in [2.24, 2.45) is 11.3 Å². The summed E-state index contributed by atoms with van der Waals surface area (Å²) in [5, 5.41) is 3.72. The summed E-state index contributed by atoms with van der Waals surface area (Å²) in [5.74, 6) is 3.66. The number of rotatable bonds is 1. The van der Waals surface area contributed by atoms with Gasteiger partial charge < -0.3 is 5.32 Å². The zero-order valence-electron chi connectivity index (χ0n) is 11.2. The molecule has 3 fully saturated rings. The molecule has 3 heteroatoms. The summed E-state index contributed by atoms with van der Waals surface area (Å²) in [6.45, 7) is 8.80. The van der Waals surface area contributed by atoms with E-state index >= 15 is 0 Å². The van der Waals surface area contributed by atoms with E-state index in [4.69, 9.17) is 0 Å². The van der Waals surface area contributed by atoms with Crippen molar-refractivity contribution in [3.63, 3.8) is 0 Å². The summed E-state index contributed by atoms with van der Waals surface area (Å²) in [4.78, 5) is 2.79. The maximum absolute atomic E-state index is 3.72. The Balaban J connectivity index is 1.61. The molecule has 0 aromatic carbocycles. The average molecular weight is 254 g/mol. The Kier molecular flexibility index (Phi) is 3.44. The Bertz CT molecular complexity index is 265. The van der Waals surface area contributed by atoms with Crippen LogP contribution in [0.25, 0.3) is 0 Å². The second-order valence-electron chi connectivity index (χ2n) is 6.95. The first-order valence-corrected chi connectivity index (χ1v) is 8.35. The van der Waals surface area contributed by atoms with Crippen LogP contribution in [0.15, 0.2) is 0 Å². The van der Waals surface area contributed by atoms with Crippen LogP contribution in [0, 0.1) is 11.3 Å². The molecule has 0 aromatic heterocycles. The van der Waals surface area contributed by atoms with Crippen molar-refractivity contribution in [1.29, 1.82) is 0 Å². The van der Waals surface area contributed by atoms with Crippen LogP contribution in [0.4, 0.5) is 0 Å². The molecule has 0 amide bonds. The number of fused-ring (bicyclic) bond motifs is 1. The molecule has 3 aliphatic heterocycles. The Morgan fingerprint density at radius 1 is 1.29 bits per heavy atom. The summed E-state index contributed by atoms with van der Waals surface area (Å²) in [6, 6.07) is 1.65. The van der Waals surface area contributed by atoms with Gasteiger partial charge in [0.05, 0.1) is 0 Å². The molecule has 2 nitrogen and oxygen atoms in total. The quantitative estimate of drug-likeness (QED) is 0.772. The van der Waals surface area contributed by atoms with Crippen molar-refractivity contribution >= 4 is 11.8 Å². The third-order valence-corrected chi connectivity index (χ3v) is 6.34. The molecule has 3 unspecified atom stereocenters. The SMILES string of the molecule is CC1(C)CSCC(N2CC3CCCNC3C2)C1. The monoisotopic (exact) mass is 254 g/mol. The Morgan fingerprint density at radius 3 is 2.94 bits per heavy atom. The van der Waals surface area contributed by atoms with E-state index in [-0.39, 0.29) is 0 Å². The van der Waals surface area contributed by atoms with Crippen LogP contribution in [0.1, 0.15) is 33.1 Å². The number of hydrogen-bond acceptors (Lipinski definition) is 3. The first kappa shape index (κ1) is 12.3. The smallest absolute Gasteiger partial charge is 0.0235 e. The molecule has 1 N–H and O–H groups in total. The molecule has 98 valence electrons. The highest BCUT2D eigenvalue weighted by molar-refractivity contribution is 7.99. The van der Waals surface area contributed by atoms with Crippen LogP contribution in [-0.4, -0.2) is 48.1 Å². The normalized spacial score (nSPS) is 42.4. The number of piperidine rings is 1. The minimum absolute atomic E-state index is 0.550. The van der Waals surface area contributed by atoms with E-state index in [0.717, 1.165) is 18.0 Å². The van der Waals surface area contributed by atoms with Gasteiger partial charge >= 0.3 is 0 Å². The molecular weight excluding hydrogens is 228 g/mol. The number of likely N-dealkylation sites (tertiary alicyclic amines) is 1. The number of hydrogen-bond donors (Lipinski definition) is 1. The third kappa shape index (κ3) is 2.66. The molecule has 0 saturated carbocycles. The Morgan fingerprint density at radius 2 is 2.18 bits per heavy atom. The van der Waals surface area contributed by atoms with Crippen LogP contribution in [0.5, 0.6) is 0 Å². The highest BCUT2D eigenvalue weighted by Gasteiger charge is 2.40. The molecule has 0 bridgehead atoms. The van der Waals surface area contributed by atoms with Gasteiger partial charge in [-0.05, 0) is 42.9 Å². The molecule has 3 heterocycles. The molecular formula is C14H26N2S. The van der Waals surface area contributed by atoms with Crippen LogP contribution < -0.4 is 5.32 Å². The molecule has 0 aliphatic carbocycles. The molecule has 0 aromatic rings. The minimum Gasteiger partial charge on any atom is -0.312 e. The van der Waals surface area contributed by atoms with E-state index in [1.54, 1.807) is 0 Å². The number of nitrogens with one attached hydrogen (secondary N) is 1. The van der Waals surface area contributed by atoms with Crippen LogP contribution in [0.3, 0.4) is 0 Å². The van der Waals surface area contributed by atoms with Gasteiger partial charge in [0.2, 0.25) is 0 Å². The maximum Gasteiger partial charge on any atom is 0.0235 e. The van der Waals surface area contributed by atoms with E-state index in [1.807, 2.05) is 0 Å². The van der Waals surface area contributed by atoms with Gasteiger partial charge in [-0.15, -0.1) is 0 Å². The van der Waals surface area contributed by atoms with E-state index in [0.29, 0.717) is 5.41 Å². The standard InChI is InChI=1S/C14H26N2S/c1-14(2)6-12(9-17-10-14)16-7-11-4-3-5-15-13(11)8-16/h11-13,15H,3-10H2,1-2H3. The zero-order chi connectivity index (χ0) is 11.9. The van der Waals surface area contributed by atoms with Crippen molar-refractivity contribution in [2.45, 2.75) is 45.2 Å². The molecule has 3 saturated heterocycles. The van der Waals surface area contributed by atoms with Crippen molar-refractivity contribution < 1.29 is 0 Å². The third-order valence-electron chi connectivity index (χ3n) is 4.74. The Labute approximate surface area is 110 Å². The summed E-state index contributed by atoms with van der Waals surface area (Å²) >= 11 is 2.17. The topological polar surface area (TPSA) is 15.3 Å². The van der Waals surface area contributed by atoms with Crippen molar-refractivity contribution in [3.8, 4) is 0 Å². The number of nitrogens with zero attached hydrogens (tertiary/aromatic N) is 1. The second-order valence-corrected chi connectivity index (χ2v) is 7.98. The fourth-order valence-electron chi connectivity index (χ4n) is 3.84. The first-order valence-electron chi connectivity index (χ1n) is 7.19. The highest BCUT2D eigenvalue weighted by Crippen LogP contribution is 2.38. The van der Waals surface area contributed by atoms with Gasteiger partial charge in [0.1, 0.15) is 0 Å². The van der Waals surface area contributed by atoms with Gasteiger partial charge in [0.25, 0.3) is 0 Å². The minimum atomic E-state index is 0.550. The van der Waals surface area contributed by atoms with Gasteiger partial charge in [-0.1, -0.05) is 13.8 Å². The van der Waals surface area contributed by atoms with E-state index < -0.39 is 0 Å². The lowest BCUT2D eigenvalue weighted by Crippen LogP contribution is -2.44. The predicted molar refractivity (Wildman–Crippen MR) is 75.6 cm³/mol.